The number of carbonyl (C=O) groups is 3. The molecule has 2 aromatic heterocycles. The van der Waals surface area contributed by atoms with Gasteiger partial charge in [-0.1, -0.05) is 0 Å². The molecular weight excluding hydrogens is 486 g/mol. The molecule has 3 amide bonds. The van der Waals surface area contributed by atoms with Gasteiger partial charge in [-0.2, -0.15) is 0 Å². The van der Waals surface area contributed by atoms with Gasteiger partial charge in [0.2, 0.25) is 5.91 Å². The third-order valence-electron chi connectivity index (χ3n) is 8.88. The first-order valence-electron chi connectivity index (χ1n) is 12.4. The van der Waals surface area contributed by atoms with E-state index in [4.69, 9.17) is 20.9 Å². The molecular formula is C28H23N5O5. The molecule has 4 heterocycles. The second kappa shape index (κ2) is 6.65. The number of benzene rings is 3. The lowest BCUT2D eigenvalue weighted by atomic mass is 9.92. The summed E-state index contributed by atoms with van der Waals surface area (Å²) in [5.41, 5.74) is 15.4. The topological polar surface area (TPSA) is 144 Å². The maximum Gasteiger partial charge on any atom is 0.259 e. The van der Waals surface area contributed by atoms with Crippen molar-refractivity contribution in [3.8, 4) is 11.5 Å². The predicted molar refractivity (Wildman–Crippen MR) is 141 cm³/mol. The second-order valence-corrected chi connectivity index (χ2v) is 10.5. The van der Waals surface area contributed by atoms with Crippen molar-refractivity contribution in [3.63, 3.8) is 0 Å². The number of methoxy groups -OCH3 is 2. The Labute approximate surface area is 215 Å². The van der Waals surface area contributed by atoms with Gasteiger partial charge in [-0.25, -0.2) is 0 Å². The molecule has 10 nitrogen and oxygen atoms in total. The Hall–Kier alpha value is -4.57. The third-order valence-corrected chi connectivity index (χ3v) is 8.88. The van der Waals surface area contributed by atoms with E-state index in [0.29, 0.717) is 46.2 Å². The summed E-state index contributed by atoms with van der Waals surface area (Å²) in [5, 5.41) is 5.39. The Bertz CT molecular complexity index is 1980. The smallest absolute Gasteiger partial charge is 0.259 e. The number of rotatable bonds is 3. The Morgan fingerprint density at radius 1 is 0.921 bits per heavy atom. The highest BCUT2D eigenvalue weighted by Crippen LogP contribution is 2.56. The van der Waals surface area contributed by atoms with Crippen LogP contribution >= 0.6 is 0 Å². The maximum absolute atomic E-state index is 13.4. The van der Waals surface area contributed by atoms with Gasteiger partial charge in [-0.3, -0.25) is 19.7 Å². The fourth-order valence-corrected chi connectivity index (χ4v) is 7.32. The number of carbonyl (C=O) groups excluding carboxylic acids is 3. The van der Waals surface area contributed by atoms with Crippen LogP contribution in [-0.2, 0) is 4.79 Å². The highest BCUT2D eigenvalue weighted by atomic mass is 16.5. The lowest BCUT2D eigenvalue weighted by molar-refractivity contribution is -0.124. The summed E-state index contributed by atoms with van der Waals surface area (Å²) < 4.78 is 15.3. The molecule has 5 N–H and O–H groups in total. The first kappa shape index (κ1) is 21.5. The molecule has 190 valence electrons. The molecule has 0 radical (unpaired) electrons. The molecule has 0 saturated heterocycles. The number of nitrogens with two attached hydrogens (primary N) is 2. The molecule has 10 heteroatoms. The molecule has 38 heavy (non-hydrogen) atoms. The molecule has 3 atom stereocenters. The van der Waals surface area contributed by atoms with Gasteiger partial charge >= 0.3 is 0 Å². The van der Waals surface area contributed by atoms with E-state index in [1.165, 1.54) is 0 Å². The van der Waals surface area contributed by atoms with Gasteiger partial charge in [0.1, 0.15) is 17.0 Å². The largest absolute Gasteiger partial charge is 0.497 e. The molecule has 2 unspecified atom stereocenters. The summed E-state index contributed by atoms with van der Waals surface area (Å²) in [6, 6.07) is 10.7. The highest BCUT2D eigenvalue weighted by Gasteiger charge is 2.54. The Balaban J connectivity index is 1.72. The molecule has 0 spiro atoms. The first-order valence-corrected chi connectivity index (χ1v) is 12.4. The zero-order valence-electron chi connectivity index (χ0n) is 20.6. The van der Waals surface area contributed by atoms with Crippen LogP contribution in [0.3, 0.4) is 0 Å². The third kappa shape index (κ3) is 2.22. The van der Waals surface area contributed by atoms with Crippen molar-refractivity contribution in [2.75, 3.05) is 14.2 Å². The number of hydrogen-bond donors (Lipinski definition) is 3. The standard InChI is InChI=1S/C28H23N5O5/c1-37-12-3-5-16-14(8-12)19-21-22(26(35)31-25(21)34)20-15-9-13(38-2)4-6-17(15)33-18-7-11(10-28(18,30)27(29)36)32(16)23(19)24(20)33/h3-6,8-9,11,18H,7,10,30H2,1-2H3,(H2,29,36)(H,31,34,35)/t11?,18?,28-/m0/s1. The van der Waals surface area contributed by atoms with Crippen molar-refractivity contribution < 1.29 is 23.9 Å². The van der Waals surface area contributed by atoms with Crippen LogP contribution in [0, 0.1) is 0 Å². The SMILES string of the molecule is COc1ccc2c(c1)c1c3c(c4c5cc(OC)ccc5n5c4c1n2C1CC5[C@](N)(C(N)=O)C1)C(=O)NC3=O. The van der Waals surface area contributed by atoms with E-state index < -0.39 is 29.3 Å². The number of hydrogen-bond acceptors (Lipinski definition) is 6. The van der Waals surface area contributed by atoms with Gasteiger partial charge in [0.25, 0.3) is 11.8 Å². The van der Waals surface area contributed by atoms with E-state index in [2.05, 4.69) is 14.5 Å². The molecule has 2 bridgehead atoms. The maximum atomic E-state index is 13.4. The second-order valence-electron chi connectivity index (χ2n) is 10.5. The summed E-state index contributed by atoms with van der Waals surface area (Å²) in [6.45, 7) is 0. The van der Waals surface area contributed by atoms with Crippen LogP contribution in [0.25, 0.3) is 43.6 Å². The van der Waals surface area contributed by atoms with Crippen LogP contribution in [-0.4, -0.2) is 46.6 Å². The fraction of sp³-hybridized carbons (Fsp3) is 0.250. The van der Waals surface area contributed by atoms with E-state index in [1.807, 2.05) is 36.4 Å². The van der Waals surface area contributed by atoms with Crippen molar-refractivity contribution >= 4 is 61.3 Å². The van der Waals surface area contributed by atoms with E-state index in [0.717, 1.165) is 32.8 Å². The van der Waals surface area contributed by atoms with Gasteiger partial charge < -0.3 is 30.1 Å². The summed E-state index contributed by atoms with van der Waals surface area (Å²) in [4.78, 5) is 39.7. The van der Waals surface area contributed by atoms with E-state index in [9.17, 15) is 14.4 Å². The predicted octanol–water partition coefficient (Wildman–Crippen LogP) is 2.88. The van der Waals surface area contributed by atoms with E-state index in [-0.39, 0.29) is 6.04 Å². The number of fused-ring (bicyclic) bond motifs is 13. The fourth-order valence-electron chi connectivity index (χ4n) is 7.32. The van der Waals surface area contributed by atoms with Crippen LogP contribution in [0.5, 0.6) is 11.5 Å². The lowest BCUT2D eigenvalue weighted by Gasteiger charge is -2.31. The molecule has 3 aliphatic rings. The van der Waals surface area contributed by atoms with E-state index >= 15 is 0 Å². The molecule has 3 aromatic carbocycles. The lowest BCUT2D eigenvalue weighted by Crippen LogP contribution is -2.55. The minimum atomic E-state index is -1.31. The first-order chi connectivity index (χ1) is 18.3. The minimum Gasteiger partial charge on any atom is -0.497 e. The van der Waals surface area contributed by atoms with Crippen molar-refractivity contribution in [2.45, 2.75) is 30.5 Å². The Morgan fingerprint density at radius 3 is 1.97 bits per heavy atom. The number of ether oxygens (including phenoxy) is 2. The quantitative estimate of drug-likeness (QED) is 0.319. The van der Waals surface area contributed by atoms with Gasteiger partial charge in [0, 0.05) is 38.6 Å². The van der Waals surface area contributed by atoms with Gasteiger partial charge in [-0.05, 0) is 49.2 Å². The van der Waals surface area contributed by atoms with Crippen LogP contribution in [0.4, 0.5) is 0 Å². The number of primary amides is 1. The van der Waals surface area contributed by atoms with Crippen LogP contribution in [0.1, 0.15) is 45.6 Å². The van der Waals surface area contributed by atoms with Gasteiger partial charge in [0.15, 0.2) is 0 Å². The molecule has 2 aliphatic heterocycles. The number of imide groups is 1. The highest BCUT2D eigenvalue weighted by molar-refractivity contribution is 6.39. The summed E-state index contributed by atoms with van der Waals surface area (Å²) in [6.07, 6.45) is 0.908. The monoisotopic (exact) mass is 509 g/mol. The molecule has 1 fully saturated rings. The van der Waals surface area contributed by atoms with Crippen LogP contribution in [0.2, 0.25) is 0 Å². The minimum absolute atomic E-state index is 0.152. The summed E-state index contributed by atoms with van der Waals surface area (Å²) >= 11 is 0. The number of nitrogens with zero attached hydrogens (tertiary/aromatic N) is 2. The van der Waals surface area contributed by atoms with Crippen LogP contribution in [0.15, 0.2) is 36.4 Å². The van der Waals surface area contributed by atoms with Crippen molar-refractivity contribution in [1.82, 2.24) is 14.5 Å². The van der Waals surface area contributed by atoms with Crippen molar-refractivity contribution in [3.05, 3.63) is 47.5 Å². The van der Waals surface area contributed by atoms with Gasteiger partial charge in [-0.15, -0.1) is 0 Å². The molecule has 5 aromatic rings. The molecule has 8 rings (SSSR count). The number of nitrogens with one attached hydrogen (secondary N) is 1. The number of aromatic nitrogens is 2. The average molecular weight is 510 g/mol. The van der Waals surface area contributed by atoms with Gasteiger partial charge in [0.05, 0.1) is 42.4 Å². The molecule has 1 saturated carbocycles. The molecule has 1 aliphatic carbocycles. The van der Waals surface area contributed by atoms with Crippen molar-refractivity contribution in [2.24, 2.45) is 11.5 Å². The van der Waals surface area contributed by atoms with E-state index in [1.54, 1.807) is 14.2 Å². The number of amides is 3. The summed E-state index contributed by atoms with van der Waals surface area (Å²) in [5.74, 6) is -0.221. The van der Waals surface area contributed by atoms with Crippen molar-refractivity contribution in [1.29, 1.82) is 0 Å². The normalized spacial score (nSPS) is 23.6. The summed E-state index contributed by atoms with van der Waals surface area (Å²) in [7, 11) is 3.16. The Morgan fingerprint density at radius 2 is 1.45 bits per heavy atom. The zero-order valence-corrected chi connectivity index (χ0v) is 20.6. The van der Waals surface area contributed by atoms with Crippen LogP contribution < -0.4 is 26.3 Å². The average Bonchev–Trinajstić information content (AvgIpc) is 3.58. The Kier molecular flexibility index (Phi) is 3.76. The zero-order chi connectivity index (χ0) is 26.2.